The van der Waals surface area contributed by atoms with Crippen molar-refractivity contribution >= 4 is 32.7 Å². The summed E-state index contributed by atoms with van der Waals surface area (Å²) in [7, 11) is 0. The van der Waals surface area contributed by atoms with Crippen LogP contribution in [0.4, 0.5) is 5.13 Å². The van der Waals surface area contributed by atoms with Crippen molar-refractivity contribution in [3.63, 3.8) is 0 Å². The van der Waals surface area contributed by atoms with Crippen LogP contribution >= 0.6 is 11.3 Å². The Morgan fingerprint density at radius 3 is 2.74 bits per heavy atom. The van der Waals surface area contributed by atoms with E-state index in [-0.39, 0.29) is 17.4 Å². The van der Waals surface area contributed by atoms with E-state index in [1.54, 1.807) is 0 Å². The number of nitrogens with zero attached hydrogens (tertiary/aromatic N) is 3. The molecule has 3 aromatic rings. The summed E-state index contributed by atoms with van der Waals surface area (Å²) in [5.41, 5.74) is 2.65. The number of aromatic amines is 1. The SMILES string of the molecule is Cc1ccc(CNC(=O)C2CCN(c3nc4nc[nH]c(=O)c4s3)CC2)cc1. The van der Waals surface area contributed by atoms with E-state index >= 15 is 0 Å². The van der Waals surface area contributed by atoms with Gasteiger partial charge in [0.15, 0.2) is 10.8 Å². The highest BCUT2D eigenvalue weighted by Gasteiger charge is 2.26. The average molecular weight is 383 g/mol. The Morgan fingerprint density at radius 2 is 2.04 bits per heavy atom. The van der Waals surface area contributed by atoms with Gasteiger partial charge >= 0.3 is 0 Å². The number of anilines is 1. The van der Waals surface area contributed by atoms with Crippen LogP contribution in [-0.2, 0) is 11.3 Å². The number of hydrogen-bond acceptors (Lipinski definition) is 6. The summed E-state index contributed by atoms with van der Waals surface area (Å²) in [5, 5.41) is 3.84. The number of thiazole rings is 1. The van der Waals surface area contributed by atoms with E-state index in [2.05, 4.69) is 37.3 Å². The summed E-state index contributed by atoms with van der Waals surface area (Å²) >= 11 is 1.36. The zero-order chi connectivity index (χ0) is 18.8. The Kier molecular flexibility index (Phi) is 4.89. The summed E-state index contributed by atoms with van der Waals surface area (Å²) in [6.45, 7) is 4.11. The molecule has 1 saturated heterocycles. The van der Waals surface area contributed by atoms with Crippen molar-refractivity contribution < 1.29 is 4.79 Å². The number of amides is 1. The first-order valence-corrected chi connectivity index (χ1v) is 9.84. The highest BCUT2D eigenvalue weighted by atomic mass is 32.1. The van der Waals surface area contributed by atoms with E-state index in [1.165, 1.54) is 23.2 Å². The van der Waals surface area contributed by atoms with Gasteiger partial charge in [-0.05, 0) is 25.3 Å². The Morgan fingerprint density at radius 1 is 1.30 bits per heavy atom. The van der Waals surface area contributed by atoms with Gasteiger partial charge < -0.3 is 15.2 Å². The molecular weight excluding hydrogens is 362 g/mol. The second-order valence-electron chi connectivity index (χ2n) is 6.85. The van der Waals surface area contributed by atoms with Crippen LogP contribution < -0.4 is 15.8 Å². The number of fused-ring (bicyclic) bond motifs is 1. The molecule has 8 heteroatoms. The topological polar surface area (TPSA) is 91.0 Å². The van der Waals surface area contributed by atoms with Gasteiger partial charge in [-0.1, -0.05) is 41.2 Å². The van der Waals surface area contributed by atoms with Crippen LogP contribution in [0, 0.1) is 12.8 Å². The second kappa shape index (κ2) is 7.48. The number of aromatic nitrogens is 3. The number of carbonyl (C=O) groups is 1. The third-order valence-electron chi connectivity index (χ3n) is 4.91. The minimum Gasteiger partial charge on any atom is -0.352 e. The largest absolute Gasteiger partial charge is 0.352 e. The highest BCUT2D eigenvalue weighted by molar-refractivity contribution is 7.22. The molecule has 7 nitrogen and oxygen atoms in total. The fraction of sp³-hybridized carbons (Fsp3) is 0.368. The number of hydrogen-bond donors (Lipinski definition) is 2. The van der Waals surface area contributed by atoms with Gasteiger partial charge in [0.2, 0.25) is 5.91 Å². The lowest BCUT2D eigenvalue weighted by Crippen LogP contribution is -2.40. The van der Waals surface area contributed by atoms with Crippen LogP contribution in [0.25, 0.3) is 10.3 Å². The lowest BCUT2D eigenvalue weighted by atomic mass is 9.96. The first kappa shape index (κ1) is 17.7. The number of carbonyl (C=O) groups excluding carboxylic acids is 1. The molecule has 0 spiro atoms. The summed E-state index contributed by atoms with van der Waals surface area (Å²) in [5.74, 6) is 0.125. The molecule has 4 rings (SSSR count). The van der Waals surface area contributed by atoms with Crippen molar-refractivity contribution in [1.29, 1.82) is 0 Å². The molecular formula is C19H21N5O2S. The smallest absolute Gasteiger partial charge is 0.270 e. The number of H-pyrrole nitrogens is 1. The zero-order valence-electron chi connectivity index (χ0n) is 15.1. The third-order valence-corrected chi connectivity index (χ3v) is 6.01. The quantitative estimate of drug-likeness (QED) is 0.721. The minimum absolute atomic E-state index is 0.0163. The molecule has 2 N–H and O–H groups in total. The normalized spacial score (nSPS) is 15.2. The van der Waals surface area contributed by atoms with Gasteiger partial charge in [-0.15, -0.1) is 0 Å². The van der Waals surface area contributed by atoms with Crippen LogP contribution in [0.1, 0.15) is 24.0 Å². The molecule has 3 heterocycles. The van der Waals surface area contributed by atoms with Crippen LogP contribution in [0.15, 0.2) is 35.4 Å². The molecule has 0 radical (unpaired) electrons. The van der Waals surface area contributed by atoms with Gasteiger partial charge in [-0.2, -0.15) is 4.98 Å². The van der Waals surface area contributed by atoms with Crippen LogP contribution in [-0.4, -0.2) is 33.9 Å². The van der Waals surface area contributed by atoms with Crippen LogP contribution in [0.3, 0.4) is 0 Å². The van der Waals surface area contributed by atoms with Crippen molar-refractivity contribution in [3.05, 3.63) is 52.1 Å². The van der Waals surface area contributed by atoms with E-state index in [0.717, 1.165) is 36.6 Å². The summed E-state index contributed by atoms with van der Waals surface area (Å²) in [4.78, 5) is 37.6. The van der Waals surface area contributed by atoms with Gasteiger partial charge in [0.25, 0.3) is 5.56 Å². The number of benzene rings is 1. The highest BCUT2D eigenvalue weighted by Crippen LogP contribution is 2.29. The van der Waals surface area contributed by atoms with Crippen molar-refractivity contribution in [2.45, 2.75) is 26.3 Å². The molecule has 2 aromatic heterocycles. The second-order valence-corrected chi connectivity index (χ2v) is 7.82. The Labute approximate surface area is 160 Å². The first-order valence-electron chi connectivity index (χ1n) is 9.02. The van der Waals surface area contributed by atoms with Gasteiger partial charge in [0, 0.05) is 25.6 Å². The maximum Gasteiger partial charge on any atom is 0.270 e. The molecule has 140 valence electrons. The predicted molar refractivity (Wildman–Crippen MR) is 106 cm³/mol. The molecule has 0 bridgehead atoms. The average Bonchev–Trinajstić information content (AvgIpc) is 3.13. The van der Waals surface area contributed by atoms with E-state index in [1.807, 2.05) is 19.1 Å². The molecule has 1 aromatic carbocycles. The number of aryl methyl sites for hydroxylation is 1. The molecule has 0 aliphatic carbocycles. The molecule has 0 atom stereocenters. The molecule has 1 amide bonds. The fourth-order valence-corrected chi connectivity index (χ4v) is 4.23. The third kappa shape index (κ3) is 3.85. The fourth-order valence-electron chi connectivity index (χ4n) is 3.26. The Bertz CT molecular complexity index is 1000. The summed E-state index contributed by atoms with van der Waals surface area (Å²) in [6.07, 6.45) is 2.93. The maximum absolute atomic E-state index is 12.5. The predicted octanol–water partition coefficient (Wildman–Crippen LogP) is 2.22. The number of piperidine rings is 1. The monoisotopic (exact) mass is 383 g/mol. The molecule has 27 heavy (non-hydrogen) atoms. The van der Waals surface area contributed by atoms with Crippen LogP contribution in [0.5, 0.6) is 0 Å². The summed E-state index contributed by atoms with van der Waals surface area (Å²) in [6, 6.07) is 8.19. The van der Waals surface area contributed by atoms with Crippen molar-refractivity contribution in [3.8, 4) is 0 Å². The van der Waals surface area contributed by atoms with Crippen molar-refractivity contribution in [2.24, 2.45) is 5.92 Å². The molecule has 1 fully saturated rings. The molecule has 1 aliphatic heterocycles. The van der Waals surface area contributed by atoms with Crippen molar-refractivity contribution in [2.75, 3.05) is 18.0 Å². The summed E-state index contributed by atoms with van der Waals surface area (Å²) < 4.78 is 0.547. The molecule has 0 unspecified atom stereocenters. The van der Waals surface area contributed by atoms with Gasteiger partial charge in [-0.25, -0.2) is 4.98 Å². The number of rotatable bonds is 4. The Hall–Kier alpha value is -2.74. The minimum atomic E-state index is -0.158. The molecule has 1 aliphatic rings. The lowest BCUT2D eigenvalue weighted by Gasteiger charge is -2.30. The zero-order valence-corrected chi connectivity index (χ0v) is 15.9. The van der Waals surface area contributed by atoms with Crippen LogP contribution in [0.2, 0.25) is 0 Å². The number of nitrogens with one attached hydrogen (secondary N) is 2. The molecule has 0 saturated carbocycles. The Balaban J connectivity index is 1.33. The van der Waals surface area contributed by atoms with Gasteiger partial charge in [0.05, 0.1) is 6.33 Å². The standard InChI is InChI=1S/C19H21N5O2S/c1-12-2-4-13(5-3-12)10-20-17(25)14-6-8-24(9-7-14)19-23-16-15(27-19)18(26)22-11-21-16/h2-5,11,14H,6-10H2,1H3,(H,20,25)(H,21,22,26). The van der Waals surface area contributed by atoms with E-state index in [9.17, 15) is 9.59 Å². The van der Waals surface area contributed by atoms with Crippen molar-refractivity contribution in [1.82, 2.24) is 20.3 Å². The van der Waals surface area contributed by atoms with E-state index in [0.29, 0.717) is 16.9 Å². The van der Waals surface area contributed by atoms with Gasteiger partial charge in [-0.3, -0.25) is 9.59 Å². The maximum atomic E-state index is 12.5. The first-order chi connectivity index (χ1) is 13.1. The van der Waals surface area contributed by atoms with E-state index in [4.69, 9.17) is 0 Å². The lowest BCUT2D eigenvalue weighted by molar-refractivity contribution is -0.125. The van der Waals surface area contributed by atoms with E-state index < -0.39 is 0 Å². The van der Waals surface area contributed by atoms with Gasteiger partial charge in [0.1, 0.15) is 4.70 Å².